The lowest BCUT2D eigenvalue weighted by Gasteiger charge is -2.29. The van der Waals surface area contributed by atoms with Crippen LogP contribution in [0.25, 0.3) is 0 Å². The van der Waals surface area contributed by atoms with E-state index < -0.39 is 69.2 Å². The lowest BCUT2D eigenvalue weighted by atomic mass is 10.0. The summed E-state index contributed by atoms with van der Waals surface area (Å²) in [5.74, 6) is -3.25. The highest BCUT2D eigenvalue weighted by molar-refractivity contribution is 6.06. The van der Waals surface area contributed by atoms with Crippen molar-refractivity contribution in [3.8, 4) is 0 Å². The minimum atomic E-state index is -3.15. The molecule has 5 rings (SSSR count). The Labute approximate surface area is 209 Å². The molecule has 2 saturated heterocycles. The number of benzene rings is 2. The van der Waals surface area contributed by atoms with Crippen molar-refractivity contribution in [2.45, 2.75) is 38.4 Å². The predicted octanol–water partition coefficient (Wildman–Crippen LogP) is 1.89. The van der Waals surface area contributed by atoms with E-state index in [0.29, 0.717) is 27.3 Å². The first kappa shape index (κ1) is 11.8. The van der Waals surface area contributed by atoms with Crippen molar-refractivity contribution in [1.82, 2.24) is 15.1 Å². The number of rotatable bonds is 6. The molecule has 3 heterocycles. The summed E-state index contributed by atoms with van der Waals surface area (Å²) in [5, 5.41) is 4.98. The van der Waals surface area contributed by atoms with E-state index in [1.807, 2.05) is 5.32 Å². The van der Waals surface area contributed by atoms with E-state index in [2.05, 4.69) is 10.1 Å². The van der Waals surface area contributed by atoms with Crippen molar-refractivity contribution < 1.29 is 35.6 Å². The fraction of sp³-hybridized carbons (Fsp3) is 0.400. The summed E-state index contributed by atoms with van der Waals surface area (Å²) in [6.07, 6.45) is -6.08. The summed E-state index contributed by atoms with van der Waals surface area (Å²) in [6.45, 7) is -12.8. The number of nitrogens with zero attached hydrogens (tertiary/aromatic N) is 2. The number of carbonyl (C=O) groups excluding carboxylic acids is 3. The number of morpholine rings is 1. The van der Waals surface area contributed by atoms with Gasteiger partial charge in [0, 0.05) is 66.8 Å². The Hall–Kier alpha value is -3.23. The molecule has 3 amide bonds. The average molecular weight is 461 g/mol. The first-order valence-electron chi connectivity index (χ1n) is 16.1. The molecule has 0 spiro atoms. The molecule has 1 atom stereocenters. The first-order valence-corrected chi connectivity index (χ1v) is 10.1. The van der Waals surface area contributed by atoms with E-state index in [0.717, 1.165) is 4.90 Å². The van der Waals surface area contributed by atoms with Crippen LogP contribution in [-0.4, -0.2) is 59.7 Å². The molecule has 0 radical (unpaired) electrons. The summed E-state index contributed by atoms with van der Waals surface area (Å²) < 4.78 is 101. The number of imide groups is 1. The molecule has 3 aliphatic heterocycles. The number of fused-ring (bicyclic) bond motifs is 1. The number of hydrogen-bond acceptors (Lipinski definition) is 6. The number of ether oxygens (including phenoxy) is 1. The van der Waals surface area contributed by atoms with Crippen LogP contribution >= 0.6 is 0 Å². The van der Waals surface area contributed by atoms with Crippen LogP contribution in [0, 0.1) is 0 Å². The molecule has 3 aliphatic rings. The second-order valence-electron chi connectivity index (χ2n) is 7.54. The quantitative estimate of drug-likeness (QED) is 0.640. The van der Waals surface area contributed by atoms with Crippen molar-refractivity contribution in [3.63, 3.8) is 0 Å². The van der Waals surface area contributed by atoms with Gasteiger partial charge in [-0.15, -0.1) is 0 Å². The molecule has 0 bridgehead atoms. The highest BCUT2D eigenvalue weighted by Crippen LogP contribution is 2.32. The standard InChI is InChI=1S/C25H28N4O4/c30-23-9-8-22(24(31)27-23)29-16-20-19(25(29)32)2-1-3-21(20)26-14-17-4-6-18(7-5-17)15-28-10-12-33-13-11-28/h1-7,22,26H,8-16H2,(H,27,30,31)/t22-/m1/s1/i8D2,9D2,10D2,11D2,12D2,13D2. The zero-order valence-electron chi connectivity index (χ0n) is 29.3. The van der Waals surface area contributed by atoms with Crippen LogP contribution in [0.2, 0.25) is 0 Å². The van der Waals surface area contributed by atoms with E-state index in [4.69, 9.17) is 16.4 Å². The fourth-order valence-corrected chi connectivity index (χ4v) is 3.79. The number of hydrogen-bond donors (Lipinski definition) is 2. The first-order chi connectivity index (χ1) is 20.6. The summed E-state index contributed by atoms with van der Waals surface area (Å²) >= 11 is 0. The molecule has 0 saturated carbocycles. The Bertz CT molecular complexity index is 1540. The van der Waals surface area contributed by atoms with Crippen molar-refractivity contribution in [2.75, 3.05) is 31.4 Å². The zero-order valence-corrected chi connectivity index (χ0v) is 17.3. The fourth-order valence-electron chi connectivity index (χ4n) is 3.79. The van der Waals surface area contributed by atoms with Gasteiger partial charge in [0.05, 0.1) is 18.6 Å². The zero-order chi connectivity index (χ0) is 33.5. The summed E-state index contributed by atoms with van der Waals surface area (Å²) in [5.41, 5.74) is 2.12. The number of anilines is 1. The Balaban J connectivity index is 1.31. The smallest absolute Gasteiger partial charge is 0.255 e. The van der Waals surface area contributed by atoms with Gasteiger partial charge in [0.15, 0.2) is 0 Å². The van der Waals surface area contributed by atoms with Gasteiger partial charge in [-0.05, 0) is 29.6 Å². The van der Waals surface area contributed by atoms with Crippen LogP contribution in [0.1, 0.15) is 56.2 Å². The van der Waals surface area contributed by atoms with E-state index in [9.17, 15) is 14.4 Å². The monoisotopic (exact) mass is 460 g/mol. The van der Waals surface area contributed by atoms with Gasteiger partial charge in [0.25, 0.3) is 5.91 Å². The highest BCUT2D eigenvalue weighted by Gasteiger charge is 2.39. The Kier molecular flexibility index (Phi) is 3.32. The number of piperidine rings is 1. The number of amides is 3. The molecule has 33 heavy (non-hydrogen) atoms. The van der Waals surface area contributed by atoms with E-state index >= 15 is 0 Å². The van der Waals surface area contributed by atoms with Crippen LogP contribution in [-0.2, 0) is 34.0 Å². The van der Waals surface area contributed by atoms with Gasteiger partial charge in [-0.1, -0.05) is 30.3 Å². The van der Waals surface area contributed by atoms with Gasteiger partial charge >= 0.3 is 0 Å². The third-order valence-electron chi connectivity index (χ3n) is 5.42. The maximum absolute atomic E-state index is 13.3. The van der Waals surface area contributed by atoms with Gasteiger partial charge in [-0.3, -0.25) is 24.6 Å². The topological polar surface area (TPSA) is 91.0 Å². The van der Waals surface area contributed by atoms with Gasteiger partial charge in [-0.2, -0.15) is 0 Å². The summed E-state index contributed by atoms with van der Waals surface area (Å²) in [4.78, 5) is 39.2. The summed E-state index contributed by atoms with van der Waals surface area (Å²) in [7, 11) is 0. The molecule has 0 unspecified atom stereocenters. The van der Waals surface area contributed by atoms with E-state index in [1.54, 1.807) is 36.4 Å². The molecule has 8 heteroatoms. The van der Waals surface area contributed by atoms with Gasteiger partial charge < -0.3 is 15.0 Å². The molecular weight excluding hydrogens is 420 g/mol. The Morgan fingerprint density at radius 3 is 2.61 bits per heavy atom. The second-order valence-corrected chi connectivity index (χ2v) is 7.54. The van der Waals surface area contributed by atoms with Crippen molar-refractivity contribution in [1.29, 1.82) is 0 Å². The van der Waals surface area contributed by atoms with Crippen LogP contribution in [0.4, 0.5) is 5.69 Å². The predicted molar refractivity (Wildman–Crippen MR) is 122 cm³/mol. The van der Waals surface area contributed by atoms with E-state index in [1.165, 1.54) is 6.07 Å². The third-order valence-corrected chi connectivity index (χ3v) is 5.42. The lowest BCUT2D eigenvalue weighted by Crippen LogP contribution is -2.52. The van der Waals surface area contributed by atoms with Crippen LogP contribution in [0.15, 0.2) is 42.5 Å². The van der Waals surface area contributed by atoms with Crippen LogP contribution in [0.3, 0.4) is 0 Å². The molecule has 172 valence electrons. The molecule has 2 aromatic rings. The molecule has 8 nitrogen and oxygen atoms in total. The molecule has 2 fully saturated rings. The molecular formula is C25H28N4O4. The highest BCUT2D eigenvalue weighted by atomic mass is 16.5. The van der Waals surface area contributed by atoms with Crippen molar-refractivity contribution in [2.24, 2.45) is 0 Å². The normalized spacial score (nSPS) is 35.7. The Morgan fingerprint density at radius 2 is 1.82 bits per heavy atom. The SMILES string of the molecule is [2H]C1([2H])OC([2H])([2H])C([2H])([2H])N(Cc2ccc(CNc3cccc4c3CN([C@H]3C(=O)NC(=O)C([2H])([2H])C3([2H])[2H])C4=O)cc2)C1([2H])[2H]. The number of carbonyl (C=O) groups is 3. The van der Waals surface area contributed by atoms with Crippen LogP contribution < -0.4 is 10.6 Å². The van der Waals surface area contributed by atoms with Gasteiger partial charge in [-0.25, -0.2) is 0 Å². The maximum Gasteiger partial charge on any atom is 0.255 e. The number of nitrogens with one attached hydrogen (secondary N) is 2. The van der Waals surface area contributed by atoms with Crippen molar-refractivity contribution in [3.05, 3.63) is 64.7 Å². The maximum atomic E-state index is 13.3. The van der Waals surface area contributed by atoms with Crippen LogP contribution in [0.5, 0.6) is 0 Å². The molecule has 0 aliphatic carbocycles. The third kappa shape index (κ3) is 4.62. The van der Waals surface area contributed by atoms with Gasteiger partial charge in [0.2, 0.25) is 11.8 Å². The lowest BCUT2D eigenvalue weighted by molar-refractivity contribution is -0.136. The van der Waals surface area contributed by atoms with Crippen molar-refractivity contribution >= 4 is 23.4 Å². The molecule has 0 aromatic heterocycles. The minimum Gasteiger partial charge on any atom is -0.381 e. The average Bonchev–Trinajstić information content (AvgIpc) is 3.25. The largest absolute Gasteiger partial charge is 0.381 e. The molecule has 2 N–H and O–H groups in total. The van der Waals surface area contributed by atoms with Gasteiger partial charge in [0.1, 0.15) is 6.04 Å². The summed E-state index contributed by atoms with van der Waals surface area (Å²) in [6, 6.07) is 9.18. The minimum absolute atomic E-state index is 0.171. The Morgan fingerprint density at radius 1 is 1.06 bits per heavy atom. The second kappa shape index (κ2) is 9.33. The molecule has 2 aromatic carbocycles. The van der Waals surface area contributed by atoms with E-state index in [-0.39, 0.29) is 18.7 Å².